The summed E-state index contributed by atoms with van der Waals surface area (Å²) in [6.45, 7) is 4.97. The van der Waals surface area contributed by atoms with Crippen LogP contribution in [0.1, 0.15) is 31.2 Å². The average Bonchev–Trinajstić information content (AvgIpc) is 2.87. The Morgan fingerprint density at radius 3 is 2.73 bits per heavy atom. The summed E-state index contributed by atoms with van der Waals surface area (Å²) in [5, 5.41) is 2.76. The molecule has 0 bridgehead atoms. The van der Waals surface area contributed by atoms with Gasteiger partial charge in [0, 0.05) is 30.5 Å². The second kappa shape index (κ2) is 9.46. The Kier molecular flexibility index (Phi) is 8.79. The summed E-state index contributed by atoms with van der Waals surface area (Å²) in [5.74, 6) is 1.25. The molecule has 1 heterocycles. The summed E-state index contributed by atoms with van der Waals surface area (Å²) in [5.41, 5.74) is 7.17. The minimum atomic E-state index is -0.187. The van der Waals surface area contributed by atoms with E-state index in [0.717, 1.165) is 23.6 Å². The van der Waals surface area contributed by atoms with Gasteiger partial charge >= 0.3 is 0 Å². The van der Waals surface area contributed by atoms with Crippen molar-refractivity contribution in [2.45, 2.75) is 26.3 Å². The lowest BCUT2D eigenvalue weighted by Crippen LogP contribution is -2.21. The molecule has 0 saturated carbocycles. The van der Waals surface area contributed by atoms with Crippen LogP contribution in [0.5, 0.6) is 0 Å². The fraction of sp³-hybridized carbons (Fsp3) is 0.333. The Morgan fingerprint density at radius 1 is 1.36 bits per heavy atom. The molecule has 0 unspecified atom stereocenters. The summed E-state index contributed by atoms with van der Waals surface area (Å²) in [4.78, 5) is 15.7. The molecule has 3 N–H and O–H groups in total. The molecule has 2 aromatic rings. The van der Waals surface area contributed by atoms with Crippen molar-refractivity contribution in [1.82, 2.24) is 9.55 Å². The lowest BCUT2D eigenvalue weighted by Gasteiger charge is -2.11. The lowest BCUT2D eigenvalue weighted by atomic mass is 10.1. The van der Waals surface area contributed by atoms with E-state index in [2.05, 4.69) is 28.7 Å². The average molecular weight is 345 g/mol. The molecule has 1 aromatic carbocycles. The van der Waals surface area contributed by atoms with E-state index in [1.807, 2.05) is 36.7 Å². The van der Waals surface area contributed by atoms with Gasteiger partial charge in [0.2, 0.25) is 5.91 Å². The summed E-state index contributed by atoms with van der Waals surface area (Å²) >= 11 is 0. The molecular formula is C15H22Cl2N4O. The monoisotopic (exact) mass is 344 g/mol. The van der Waals surface area contributed by atoms with Crippen LogP contribution in [0.3, 0.4) is 0 Å². The highest BCUT2D eigenvalue weighted by Gasteiger charge is 2.08. The van der Waals surface area contributed by atoms with Crippen molar-refractivity contribution >= 4 is 36.4 Å². The number of imidazole rings is 1. The van der Waals surface area contributed by atoms with Gasteiger partial charge in [-0.25, -0.2) is 4.98 Å². The Hall–Kier alpha value is -1.56. The number of nitrogens with one attached hydrogen (secondary N) is 1. The lowest BCUT2D eigenvalue weighted by molar-refractivity contribution is -0.114. The molecule has 0 saturated heterocycles. The van der Waals surface area contributed by atoms with E-state index in [4.69, 9.17) is 5.73 Å². The number of anilines is 1. The second-order valence-corrected chi connectivity index (χ2v) is 5.02. The summed E-state index contributed by atoms with van der Waals surface area (Å²) in [7, 11) is 0. The van der Waals surface area contributed by atoms with Gasteiger partial charge < -0.3 is 15.6 Å². The zero-order valence-electron chi connectivity index (χ0n) is 12.7. The molecular weight excluding hydrogens is 323 g/mol. The Morgan fingerprint density at radius 2 is 2.09 bits per heavy atom. The number of carbonyl (C=O) groups is 1. The Balaban J connectivity index is 0.00000220. The number of rotatable bonds is 5. The fourth-order valence-electron chi connectivity index (χ4n) is 2.11. The largest absolute Gasteiger partial charge is 0.330 e. The van der Waals surface area contributed by atoms with Crippen LogP contribution in [0.4, 0.5) is 5.69 Å². The number of nitrogens with two attached hydrogens (primary N) is 1. The SMILES string of the molecule is CC(C)c1nccn1Cc1cccc(NC(=O)CN)c1.Cl.Cl. The maximum Gasteiger partial charge on any atom is 0.238 e. The van der Waals surface area contributed by atoms with Gasteiger partial charge in [0.15, 0.2) is 0 Å². The van der Waals surface area contributed by atoms with Crippen molar-refractivity contribution < 1.29 is 4.79 Å². The van der Waals surface area contributed by atoms with Gasteiger partial charge in [-0.2, -0.15) is 0 Å². The highest BCUT2D eigenvalue weighted by Crippen LogP contribution is 2.16. The first-order valence-electron chi connectivity index (χ1n) is 6.70. The fourth-order valence-corrected chi connectivity index (χ4v) is 2.11. The molecule has 0 radical (unpaired) electrons. The molecule has 1 amide bonds. The van der Waals surface area contributed by atoms with Crippen molar-refractivity contribution in [2.24, 2.45) is 5.73 Å². The van der Waals surface area contributed by atoms with E-state index >= 15 is 0 Å². The Labute approximate surface area is 143 Å². The third-order valence-corrected chi connectivity index (χ3v) is 3.01. The van der Waals surface area contributed by atoms with E-state index < -0.39 is 0 Å². The molecule has 0 fully saturated rings. The third-order valence-electron chi connectivity index (χ3n) is 3.01. The molecule has 0 aliphatic heterocycles. The number of hydrogen-bond acceptors (Lipinski definition) is 3. The van der Waals surface area contributed by atoms with E-state index in [9.17, 15) is 4.79 Å². The van der Waals surface area contributed by atoms with Crippen LogP contribution in [-0.4, -0.2) is 22.0 Å². The van der Waals surface area contributed by atoms with Crippen molar-refractivity contribution in [1.29, 1.82) is 0 Å². The van der Waals surface area contributed by atoms with Crippen LogP contribution in [0.25, 0.3) is 0 Å². The summed E-state index contributed by atoms with van der Waals surface area (Å²) in [6, 6.07) is 7.77. The first-order valence-corrected chi connectivity index (χ1v) is 6.70. The standard InChI is InChI=1S/C15H20N4O.2ClH/c1-11(2)15-17-6-7-19(15)10-12-4-3-5-13(8-12)18-14(20)9-16;;/h3-8,11H,9-10,16H2,1-2H3,(H,18,20);2*1H. The number of hydrogen-bond donors (Lipinski definition) is 2. The second-order valence-electron chi connectivity index (χ2n) is 5.02. The summed E-state index contributed by atoms with van der Waals surface area (Å²) in [6.07, 6.45) is 3.79. The topological polar surface area (TPSA) is 72.9 Å². The van der Waals surface area contributed by atoms with E-state index in [-0.39, 0.29) is 37.3 Å². The molecule has 22 heavy (non-hydrogen) atoms. The molecule has 0 aliphatic rings. The summed E-state index contributed by atoms with van der Waals surface area (Å²) < 4.78 is 2.12. The molecule has 1 aromatic heterocycles. The van der Waals surface area contributed by atoms with Crippen LogP contribution < -0.4 is 11.1 Å². The smallest absolute Gasteiger partial charge is 0.238 e. The van der Waals surface area contributed by atoms with Crippen LogP contribution in [0.2, 0.25) is 0 Å². The van der Waals surface area contributed by atoms with Crippen LogP contribution in [0.15, 0.2) is 36.7 Å². The molecule has 7 heteroatoms. The van der Waals surface area contributed by atoms with E-state index in [1.165, 1.54) is 0 Å². The zero-order chi connectivity index (χ0) is 14.5. The number of halogens is 2. The van der Waals surface area contributed by atoms with Gasteiger partial charge in [0.1, 0.15) is 5.82 Å². The molecule has 5 nitrogen and oxygen atoms in total. The molecule has 0 aliphatic carbocycles. The molecule has 2 rings (SSSR count). The van der Waals surface area contributed by atoms with Gasteiger partial charge in [0.05, 0.1) is 6.54 Å². The van der Waals surface area contributed by atoms with Gasteiger partial charge in [-0.15, -0.1) is 24.8 Å². The van der Waals surface area contributed by atoms with Crippen LogP contribution in [0, 0.1) is 0 Å². The van der Waals surface area contributed by atoms with Crippen molar-refractivity contribution in [3.8, 4) is 0 Å². The first-order chi connectivity index (χ1) is 9.60. The molecule has 0 spiro atoms. The Bertz CT molecular complexity index is 599. The maximum atomic E-state index is 11.3. The van der Waals surface area contributed by atoms with Gasteiger partial charge in [-0.1, -0.05) is 26.0 Å². The number of nitrogens with zero attached hydrogens (tertiary/aromatic N) is 2. The van der Waals surface area contributed by atoms with E-state index in [0.29, 0.717) is 5.92 Å². The minimum absolute atomic E-state index is 0. The predicted octanol–water partition coefficient (Wildman–Crippen LogP) is 2.80. The van der Waals surface area contributed by atoms with Crippen molar-refractivity contribution in [2.75, 3.05) is 11.9 Å². The van der Waals surface area contributed by atoms with E-state index in [1.54, 1.807) is 0 Å². The molecule has 0 atom stereocenters. The number of benzene rings is 1. The highest BCUT2D eigenvalue weighted by molar-refractivity contribution is 5.92. The van der Waals surface area contributed by atoms with Gasteiger partial charge in [-0.3, -0.25) is 4.79 Å². The number of amides is 1. The normalized spacial score (nSPS) is 9.82. The van der Waals surface area contributed by atoms with Crippen molar-refractivity contribution in [3.63, 3.8) is 0 Å². The highest BCUT2D eigenvalue weighted by atomic mass is 35.5. The minimum Gasteiger partial charge on any atom is -0.330 e. The van der Waals surface area contributed by atoms with Crippen molar-refractivity contribution in [3.05, 3.63) is 48.0 Å². The van der Waals surface area contributed by atoms with Gasteiger partial charge in [-0.05, 0) is 17.7 Å². The number of aromatic nitrogens is 2. The first kappa shape index (κ1) is 20.4. The van der Waals surface area contributed by atoms with Crippen LogP contribution in [-0.2, 0) is 11.3 Å². The molecule has 122 valence electrons. The zero-order valence-corrected chi connectivity index (χ0v) is 14.3. The third kappa shape index (κ3) is 5.33. The van der Waals surface area contributed by atoms with Crippen LogP contribution >= 0.6 is 24.8 Å². The quantitative estimate of drug-likeness (QED) is 0.875. The predicted molar refractivity (Wildman–Crippen MR) is 94.0 cm³/mol. The maximum absolute atomic E-state index is 11.3. The van der Waals surface area contributed by atoms with Gasteiger partial charge in [0.25, 0.3) is 0 Å². The number of carbonyl (C=O) groups excluding carboxylic acids is 1.